The van der Waals surface area contributed by atoms with Gasteiger partial charge in [0.2, 0.25) is 5.91 Å². The van der Waals surface area contributed by atoms with Crippen molar-refractivity contribution in [3.05, 3.63) is 61.3 Å². The van der Waals surface area contributed by atoms with E-state index in [9.17, 15) is 9.59 Å². The monoisotopic (exact) mass is 618 g/mol. The van der Waals surface area contributed by atoms with Crippen LogP contribution in [0.25, 0.3) is 0 Å². The molecule has 6 nitrogen and oxygen atoms in total. The Morgan fingerprint density at radius 2 is 1.72 bits per heavy atom. The minimum Gasteiger partial charge on any atom is -0.351 e. The van der Waals surface area contributed by atoms with Gasteiger partial charge in [-0.2, -0.15) is 0 Å². The lowest BCUT2D eigenvalue weighted by Gasteiger charge is -2.32. The van der Waals surface area contributed by atoms with Gasteiger partial charge in [0.25, 0.3) is 0 Å². The summed E-state index contributed by atoms with van der Waals surface area (Å²) in [6.07, 6.45) is 11.0. The van der Waals surface area contributed by atoms with Crippen LogP contribution in [0.1, 0.15) is 66.5 Å². The number of likely N-dealkylation sites (tertiary alicyclic amines) is 2. The van der Waals surface area contributed by atoms with Crippen molar-refractivity contribution in [1.82, 2.24) is 14.8 Å². The number of carbonyl (C=O) groups excluding carboxylic acids is 2. The predicted octanol–water partition coefficient (Wildman–Crippen LogP) is 5.78. The van der Waals surface area contributed by atoms with Crippen LogP contribution in [-0.4, -0.2) is 52.9 Å². The number of pyridine rings is 1. The fourth-order valence-corrected chi connectivity index (χ4v) is 6.38. The van der Waals surface area contributed by atoms with Gasteiger partial charge in [-0.15, -0.1) is 0 Å². The lowest BCUT2D eigenvalue weighted by Crippen LogP contribution is -2.43. The molecule has 3 aliphatic rings. The van der Waals surface area contributed by atoms with E-state index in [4.69, 9.17) is 5.73 Å². The zero-order valence-corrected chi connectivity index (χ0v) is 24.2. The van der Waals surface area contributed by atoms with Crippen LogP contribution in [0.5, 0.6) is 0 Å². The Hall–Kier alpha value is -1.93. The minimum absolute atomic E-state index is 0.298. The fraction of sp³-hybridized carbons (Fsp3) is 0.536. The van der Waals surface area contributed by atoms with Crippen molar-refractivity contribution in [2.24, 2.45) is 11.7 Å². The second-order valence-electron chi connectivity index (χ2n) is 10.2. The first-order valence-electron chi connectivity index (χ1n) is 13.0. The van der Waals surface area contributed by atoms with Gasteiger partial charge in [-0.3, -0.25) is 9.78 Å². The average molecular weight is 620 g/mol. The van der Waals surface area contributed by atoms with Crippen molar-refractivity contribution in [2.45, 2.75) is 64.7 Å². The van der Waals surface area contributed by atoms with E-state index in [0.29, 0.717) is 31.3 Å². The molecule has 2 aromatic rings. The highest BCUT2D eigenvalue weighted by Gasteiger charge is 2.25. The van der Waals surface area contributed by atoms with Gasteiger partial charge in [0.05, 0.1) is 0 Å². The molecular formula is C28H36Br2N4O2. The molecule has 0 atom stereocenters. The number of aryl methyl sites for hydroxylation is 2. The van der Waals surface area contributed by atoms with Gasteiger partial charge < -0.3 is 15.5 Å². The van der Waals surface area contributed by atoms with Crippen LogP contribution in [0, 0.1) is 12.8 Å². The van der Waals surface area contributed by atoms with E-state index in [1.165, 1.54) is 38.8 Å². The van der Waals surface area contributed by atoms with Crippen molar-refractivity contribution >= 4 is 43.8 Å². The third-order valence-corrected chi connectivity index (χ3v) is 9.20. The minimum atomic E-state index is -0.337. The Morgan fingerprint density at radius 3 is 2.42 bits per heavy atom. The van der Waals surface area contributed by atoms with Crippen LogP contribution >= 0.6 is 31.9 Å². The highest BCUT2D eigenvalue weighted by molar-refractivity contribution is 9.10. The zero-order chi connectivity index (χ0) is 25.7. The SMILES string of the molecule is Cc1ccc2c(c1Br)CCc1cc(Br)cnc1C2.NC(=O)N1CCC(CC(=O)N2CCCCC2)CC1. The molecule has 1 aromatic heterocycles. The highest BCUT2D eigenvalue weighted by Crippen LogP contribution is 2.31. The summed E-state index contributed by atoms with van der Waals surface area (Å²) in [6, 6.07) is 6.30. The summed E-state index contributed by atoms with van der Waals surface area (Å²) in [6.45, 7) is 5.41. The molecule has 0 unspecified atom stereocenters. The maximum atomic E-state index is 12.1. The van der Waals surface area contributed by atoms with Crippen LogP contribution in [0.4, 0.5) is 4.79 Å². The number of urea groups is 1. The smallest absolute Gasteiger partial charge is 0.314 e. The molecule has 36 heavy (non-hydrogen) atoms. The first-order valence-corrected chi connectivity index (χ1v) is 14.6. The van der Waals surface area contributed by atoms with E-state index in [0.717, 1.165) is 62.5 Å². The Balaban J connectivity index is 0.000000169. The lowest BCUT2D eigenvalue weighted by molar-refractivity contribution is -0.133. The molecule has 0 bridgehead atoms. The molecule has 0 spiro atoms. The number of benzene rings is 1. The average Bonchev–Trinajstić information content (AvgIpc) is 3.07. The molecule has 0 radical (unpaired) electrons. The number of aromatic nitrogens is 1. The maximum absolute atomic E-state index is 12.1. The van der Waals surface area contributed by atoms with E-state index < -0.39 is 0 Å². The van der Waals surface area contributed by atoms with Crippen LogP contribution in [0.15, 0.2) is 33.3 Å². The number of carbonyl (C=O) groups is 2. The molecule has 3 amide bonds. The Kier molecular flexibility index (Phi) is 9.45. The number of primary amides is 1. The summed E-state index contributed by atoms with van der Waals surface area (Å²) < 4.78 is 2.34. The van der Waals surface area contributed by atoms with Gasteiger partial charge in [-0.1, -0.05) is 28.1 Å². The molecule has 2 N–H and O–H groups in total. The van der Waals surface area contributed by atoms with Gasteiger partial charge in [0.1, 0.15) is 0 Å². The van der Waals surface area contributed by atoms with Gasteiger partial charge in [-0.25, -0.2) is 4.79 Å². The van der Waals surface area contributed by atoms with Crippen molar-refractivity contribution in [3.63, 3.8) is 0 Å². The lowest BCUT2D eigenvalue weighted by atomic mass is 9.93. The Bertz CT molecular complexity index is 1090. The van der Waals surface area contributed by atoms with E-state index in [-0.39, 0.29) is 6.03 Å². The second kappa shape index (κ2) is 12.5. The molecule has 2 aliphatic heterocycles. The van der Waals surface area contributed by atoms with Crippen LogP contribution in [0.3, 0.4) is 0 Å². The largest absolute Gasteiger partial charge is 0.351 e. The molecule has 1 aromatic carbocycles. The van der Waals surface area contributed by atoms with E-state index >= 15 is 0 Å². The topological polar surface area (TPSA) is 79.5 Å². The summed E-state index contributed by atoms with van der Waals surface area (Å²) in [5, 5.41) is 0. The third kappa shape index (κ3) is 6.88. The normalized spacial score (nSPS) is 17.9. The van der Waals surface area contributed by atoms with Gasteiger partial charge >= 0.3 is 6.03 Å². The summed E-state index contributed by atoms with van der Waals surface area (Å²) in [5.74, 6) is 0.724. The molecule has 5 rings (SSSR count). The van der Waals surface area contributed by atoms with Gasteiger partial charge in [0, 0.05) is 59.9 Å². The number of rotatable bonds is 2. The number of halogens is 2. The maximum Gasteiger partial charge on any atom is 0.314 e. The number of amides is 3. The van der Waals surface area contributed by atoms with Crippen molar-refractivity contribution in [2.75, 3.05) is 26.2 Å². The van der Waals surface area contributed by atoms with Gasteiger partial charge in [0.15, 0.2) is 0 Å². The molecule has 2 fully saturated rings. The third-order valence-electron chi connectivity index (χ3n) is 7.66. The number of fused-ring (bicyclic) bond motifs is 2. The predicted molar refractivity (Wildman–Crippen MR) is 150 cm³/mol. The number of hydrogen-bond acceptors (Lipinski definition) is 3. The quantitative estimate of drug-likeness (QED) is 0.462. The van der Waals surface area contributed by atoms with Crippen LogP contribution in [-0.2, 0) is 24.1 Å². The highest BCUT2D eigenvalue weighted by atomic mass is 79.9. The standard InChI is InChI=1S/C15H13Br2N.C13H23N3O2/c1-9-2-3-10-7-14-11(6-12(16)8-18-14)4-5-13(10)15(9)17;14-13(18)16-8-4-11(5-9-16)10-12(17)15-6-2-1-3-7-15/h2-3,6,8H,4-5,7H2,1H3;11H,1-10H2,(H2,14,18). The molecule has 194 valence electrons. The fourth-order valence-electron chi connectivity index (χ4n) is 5.42. The molecular weight excluding hydrogens is 584 g/mol. The van der Waals surface area contributed by atoms with Crippen molar-refractivity contribution in [1.29, 1.82) is 0 Å². The summed E-state index contributed by atoms with van der Waals surface area (Å²) in [7, 11) is 0. The summed E-state index contributed by atoms with van der Waals surface area (Å²) in [4.78, 5) is 31.3. The molecule has 3 heterocycles. The number of nitrogens with two attached hydrogens (primary N) is 1. The molecule has 2 saturated heterocycles. The van der Waals surface area contributed by atoms with Crippen LogP contribution < -0.4 is 5.73 Å². The molecule has 0 saturated carbocycles. The number of hydrogen-bond donors (Lipinski definition) is 1. The van der Waals surface area contributed by atoms with E-state index in [1.807, 2.05) is 11.1 Å². The summed E-state index contributed by atoms with van der Waals surface area (Å²) >= 11 is 7.24. The van der Waals surface area contributed by atoms with Crippen molar-refractivity contribution < 1.29 is 9.59 Å². The Morgan fingerprint density at radius 1 is 1.00 bits per heavy atom. The van der Waals surface area contributed by atoms with E-state index in [1.54, 1.807) is 4.90 Å². The van der Waals surface area contributed by atoms with Crippen LogP contribution in [0.2, 0.25) is 0 Å². The first-order chi connectivity index (χ1) is 17.3. The Labute approximate surface area is 231 Å². The zero-order valence-electron chi connectivity index (χ0n) is 21.1. The van der Waals surface area contributed by atoms with E-state index in [2.05, 4.69) is 62.0 Å². The first kappa shape index (κ1) is 27.1. The summed E-state index contributed by atoms with van der Waals surface area (Å²) in [5.41, 5.74) is 12.0. The molecule has 1 aliphatic carbocycles. The second-order valence-corrected chi connectivity index (χ2v) is 11.9. The number of nitrogens with zero attached hydrogens (tertiary/aromatic N) is 3. The molecule has 8 heteroatoms. The van der Waals surface area contributed by atoms with Crippen molar-refractivity contribution in [3.8, 4) is 0 Å². The number of piperidine rings is 2. The van der Waals surface area contributed by atoms with Gasteiger partial charge in [-0.05, 0) is 102 Å².